The number of hydrogen-bond donors (Lipinski definition) is 3. The molecule has 216 valence electrons. The first kappa shape index (κ1) is 28.3. The Morgan fingerprint density at radius 2 is 1.72 bits per heavy atom. The van der Waals surface area contributed by atoms with E-state index in [9.17, 15) is 36.2 Å². The molecule has 0 aromatic heterocycles. The van der Waals surface area contributed by atoms with E-state index in [0.29, 0.717) is 42.4 Å². The maximum absolute atomic E-state index is 13.6. The lowest BCUT2D eigenvalue weighted by Crippen LogP contribution is -2.59. The Bertz CT molecular complexity index is 1150. The number of fused-ring (bicyclic) bond motifs is 5. The minimum atomic E-state index is -4.85. The highest BCUT2D eigenvalue weighted by Gasteiger charge is 2.61. The quantitative estimate of drug-likeness (QED) is 0.357. The summed E-state index contributed by atoms with van der Waals surface area (Å²) < 4.78 is 80.7. The summed E-state index contributed by atoms with van der Waals surface area (Å²) in [5.41, 5.74) is -3.42. The number of nitrogens with one attached hydrogen (secondary N) is 2. The molecule has 4 aliphatic rings. The number of alkyl halides is 6. The summed E-state index contributed by atoms with van der Waals surface area (Å²) in [5.74, 6) is 0.864. The van der Waals surface area contributed by atoms with Crippen LogP contribution in [-0.2, 0) is 17.1 Å². The molecule has 0 radical (unpaired) electrons. The van der Waals surface area contributed by atoms with Gasteiger partial charge in [0.1, 0.15) is 0 Å². The van der Waals surface area contributed by atoms with Crippen LogP contribution in [0.4, 0.5) is 32.0 Å². The van der Waals surface area contributed by atoms with Crippen molar-refractivity contribution in [3.8, 4) is 0 Å². The third kappa shape index (κ3) is 4.74. The summed E-state index contributed by atoms with van der Waals surface area (Å²) in [5, 5.41) is 17.2. The van der Waals surface area contributed by atoms with Gasteiger partial charge in [0.15, 0.2) is 0 Å². The Balaban J connectivity index is 1.36. The Kier molecular flexibility index (Phi) is 6.83. The smallest absolute Gasteiger partial charge is 0.391 e. The van der Waals surface area contributed by atoms with Gasteiger partial charge in [-0.1, -0.05) is 19.9 Å². The zero-order chi connectivity index (χ0) is 28.5. The summed E-state index contributed by atoms with van der Waals surface area (Å²) in [7, 11) is 0. The van der Waals surface area contributed by atoms with E-state index in [1.165, 1.54) is 6.92 Å². The standard InChI is InChI=1S/C29H36F6N2O2/c1-15(36-22-14-16(28(30,31)32)4-6-20(22)29(33,34)35)25(39)21-8-7-18-17-5-9-23-27(3,13-11-24(38)37-23)19(17)10-12-26(18,21)2/h4,6,11,13-15,17-19,21,23,25,36,39H,5,7-10,12H2,1-3H3,(H,37,38)/t15?,17-,18-,19-,21+,23+,25?,26-,27+/m0/s1. The fourth-order valence-corrected chi connectivity index (χ4v) is 8.70. The first-order chi connectivity index (χ1) is 18.1. The first-order valence-electron chi connectivity index (χ1n) is 13.8. The second-order valence-corrected chi connectivity index (χ2v) is 12.6. The van der Waals surface area contributed by atoms with Gasteiger partial charge in [-0.15, -0.1) is 0 Å². The number of benzene rings is 1. The van der Waals surface area contributed by atoms with Crippen LogP contribution < -0.4 is 10.6 Å². The molecule has 3 saturated carbocycles. The molecule has 1 aliphatic heterocycles. The van der Waals surface area contributed by atoms with Gasteiger partial charge < -0.3 is 15.7 Å². The largest absolute Gasteiger partial charge is 0.418 e. The lowest BCUT2D eigenvalue weighted by atomic mass is 9.47. The maximum atomic E-state index is 13.6. The van der Waals surface area contributed by atoms with Crippen LogP contribution in [0.2, 0.25) is 0 Å². The molecule has 3 fully saturated rings. The Labute approximate surface area is 224 Å². The van der Waals surface area contributed by atoms with Gasteiger partial charge in [0, 0.05) is 23.2 Å². The van der Waals surface area contributed by atoms with E-state index >= 15 is 0 Å². The monoisotopic (exact) mass is 558 g/mol. The second-order valence-electron chi connectivity index (χ2n) is 12.6. The number of anilines is 1. The van der Waals surface area contributed by atoms with Gasteiger partial charge in [0.25, 0.3) is 0 Å². The fourth-order valence-electron chi connectivity index (χ4n) is 8.70. The van der Waals surface area contributed by atoms with Crippen LogP contribution in [0.15, 0.2) is 30.4 Å². The third-order valence-corrected chi connectivity index (χ3v) is 10.7. The van der Waals surface area contributed by atoms with Crippen molar-refractivity contribution in [1.29, 1.82) is 0 Å². The van der Waals surface area contributed by atoms with Crippen molar-refractivity contribution in [2.24, 2.45) is 34.5 Å². The van der Waals surface area contributed by atoms with Crippen molar-refractivity contribution >= 4 is 11.6 Å². The lowest BCUT2D eigenvalue weighted by molar-refractivity contribution is -0.140. The molecule has 2 unspecified atom stereocenters. The fraction of sp³-hybridized carbons (Fsp3) is 0.690. The molecule has 4 nitrogen and oxygen atoms in total. The summed E-state index contributed by atoms with van der Waals surface area (Å²) >= 11 is 0. The van der Waals surface area contributed by atoms with E-state index in [0.717, 1.165) is 32.1 Å². The highest BCUT2D eigenvalue weighted by atomic mass is 19.4. The van der Waals surface area contributed by atoms with Gasteiger partial charge in [-0.05, 0) is 98.8 Å². The predicted octanol–water partition coefficient (Wildman–Crippen LogP) is 6.80. The number of halogens is 6. The third-order valence-electron chi connectivity index (χ3n) is 10.7. The number of hydrogen-bond acceptors (Lipinski definition) is 3. The number of aliphatic hydroxyl groups is 1. The number of carbonyl (C=O) groups is 1. The first-order valence-corrected chi connectivity index (χ1v) is 13.8. The van der Waals surface area contributed by atoms with Crippen molar-refractivity contribution in [2.75, 3.05) is 5.32 Å². The number of amides is 1. The summed E-state index contributed by atoms with van der Waals surface area (Å²) in [4.78, 5) is 12.0. The molecule has 1 heterocycles. The highest BCUT2D eigenvalue weighted by Crippen LogP contribution is 2.65. The average molecular weight is 559 g/mol. The van der Waals surface area contributed by atoms with E-state index in [1.54, 1.807) is 6.08 Å². The molecule has 5 rings (SSSR count). The molecule has 0 bridgehead atoms. The highest BCUT2D eigenvalue weighted by molar-refractivity contribution is 5.89. The average Bonchev–Trinajstić information content (AvgIpc) is 3.20. The topological polar surface area (TPSA) is 61.4 Å². The molecule has 10 heteroatoms. The summed E-state index contributed by atoms with van der Waals surface area (Å²) in [6, 6.07) is 0.558. The van der Waals surface area contributed by atoms with E-state index in [-0.39, 0.29) is 28.7 Å². The SMILES string of the molecule is CC(Nc1cc(C(F)(F)F)ccc1C(F)(F)F)C(O)[C@H]1CC[C@H]2[C@@H]3CC[C@H]4NC(=O)C=C[C@]4(C)[C@H]3CC[C@]12C. The molecule has 0 saturated heterocycles. The van der Waals surface area contributed by atoms with Gasteiger partial charge in [-0.2, -0.15) is 26.3 Å². The minimum absolute atomic E-state index is 0.0587. The van der Waals surface area contributed by atoms with Crippen LogP contribution in [0.25, 0.3) is 0 Å². The van der Waals surface area contributed by atoms with Crippen LogP contribution in [0.1, 0.15) is 70.4 Å². The molecule has 39 heavy (non-hydrogen) atoms. The second kappa shape index (κ2) is 9.42. The van der Waals surface area contributed by atoms with Gasteiger partial charge in [0.05, 0.1) is 17.2 Å². The van der Waals surface area contributed by atoms with Gasteiger partial charge in [-0.3, -0.25) is 4.79 Å². The van der Waals surface area contributed by atoms with Crippen LogP contribution in [0.3, 0.4) is 0 Å². The minimum Gasteiger partial charge on any atom is -0.391 e. The van der Waals surface area contributed by atoms with E-state index in [2.05, 4.69) is 30.6 Å². The Hall–Kier alpha value is -2.23. The van der Waals surface area contributed by atoms with Gasteiger partial charge in [0.2, 0.25) is 5.91 Å². The molecule has 1 aromatic rings. The zero-order valence-electron chi connectivity index (χ0n) is 22.3. The lowest BCUT2D eigenvalue weighted by Gasteiger charge is -2.59. The van der Waals surface area contributed by atoms with Gasteiger partial charge in [-0.25, -0.2) is 0 Å². The molecule has 9 atom stereocenters. The van der Waals surface area contributed by atoms with Crippen molar-refractivity contribution in [3.63, 3.8) is 0 Å². The van der Waals surface area contributed by atoms with Crippen LogP contribution in [-0.4, -0.2) is 29.2 Å². The summed E-state index contributed by atoms with van der Waals surface area (Å²) in [6.45, 7) is 5.92. The zero-order valence-corrected chi connectivity index (χ0v) is 22.3. The maximum Gasteiger partial charge on any atom is 0.418 e. The van der Waals surface area contributed by atoms with Gasteiger partial charge >= 0.3 is 12.4 Å². The van der Waals surface area contributed by atoms with E-state index in [1.807, 2.05) is 0 Å². The number of aliphatic hydroxyl groups excluding tert-OH is 1. The molecule has 3 N–H and O–H groups in total. The van der Waals surface area contributed by atoms with Crippen molar-refractivity contribution in [3.05, 3.63) is 41.5 Å². The number of carbonyl (C=O) groups excluding carboxylic acids is 1. The Morgan fingerprint density at radius 1 is 1.00 bits per heavy atom. The molecule has 3 aliphatic carbocycles. The molecule has 0 spiro atoms. The van der Waals surface area contributed by atoms with Crippen LogP contribution in [0, 0.1) is 34.5 Å². The van der Waals surface area contributed by atoms with E-state index < -0.39 is 41.3 Å². The van der Waals surface area contributed by atoms with Crippen LogP contribution >= 0.6 is 0 Å². The number of rotatable bonds is 4. The predicted molar refractivity (Wildman–Crippen MR) is 134 cm³/mol. The van der Waals surface area contributed by atoms with Crippen LogP contribution in [0.5, 0.6) is 0 Å². The molecular formula is C29H36F6N2O2. The van der Waals surface area contributed by atoms with Crippen molar-refractivity contribution in [1.82, 2.24) is 5.32 Å². The van der Waals surface area contributed by atoms with Crippen molar-refractivity contribution in [2.45, 2.75) is 89.8 Å². The van der Waals surface area contributed by atoms with E-state index in [4.69, 9.17) is 0 Å². The molecular weight excluding hydrogens is 522 g/mol. The normalized spacial score (nSPS) is 37.8. The summed E-state index contributed by atoms with van der Waals surface area (Å²) in [6.07, 6.45) is -1.78. The van der Waals surface area contributed by atoms with Crippen molar-refractivity contribution < 1.29 is 36.2 Å². The Morgan fingerprint density at radius 3 is 2.38 bits per heavy atom. The molecule has 1 amide bonds. The molecule has 1 aromatic carbocycles.